The molecule has 0 saturated carbocycles. The second-order valence-corrected chi connectivity index (χ2v) is 5.78. The van der Waals surface area contributed by atoms with Crippen LogP contribution in [0, 0.1) is 0 Å². The molecular weight excluding hydrogens is 334 g/mol. The highest BCUT2D eigenvalue weighted by Gasteiger charge is 2.20. The minimum atomic E-state index is -0.876. The van der Waals surface area contributed by atoms with Crippen molar-refractivity contribution in [3.05, 3.63) is 59.7 Å². The summed E-state index contributed by atoms with van der Waals surface area (Å²) in [6, 6.07) is 14.6. The summed E-state index contributed by atoms with van der Waals surface area (Å²) in [6.45, 7) is 0.740. The van der Waals surface area contributed by atoms with Crippen LogP contribution in [-0.2, 0) is 11.3 Å². The van der Waals surface area contributed by atoms with E-state index in [4.69, 9.17) is 14.6 Å². The lowest BCUT2D eigenvalue weighted by Crippen LogP contribution is -2.32. The summed E-state index contributed by atoms with van der Waals surface area (Å²) < 4.78 is 10.5. The van der Waals surface area contributed by atoms with Gasteiger partial charge in [-0.15, -0.1) is 0 Å². The monoisotopic (exact) mass is 357 g/mol. The molecule has 0 aliphatic rings. The molecule has 0 spiro atoms. The molecular formula is C20H23NO5. The zero-order valence-corrected chi connectivity index (χ0v) is 15.0. The van der Waals surface area contributed by atoms with E-state index in [0.717, 1.165) is 5.56 Å². The SMILES string of the molecule is COc1ccc(C(=O)N(CCCC(=O)O)Cc2ccccc2)c(OC)c1. The van der Waals surface area contributed by atoms with Crippen LogP contribution in [0.3, 0.4) is 0 Å². The Morgan fingerprint density at radius 3 is 2.38 bits per heavy atom. The van der Waals surface area contributed by atoms with Gasteiger partial charge in [-0.05, 0) is 24.1 Å². The first-order valence-corrected chi connectivity index (χ1v) is 8.32. The number of hydrogen-bond donors (Lipinski definition) is 1. The highest BCUT2D eigenvalue weighted by atomic mass is 16.5. The number of aliphatic carboxylic acids is 1. The average Bonchev–Trinajstić information content (AvgIpc) is 2.66. The lowest BCUT2D eigenvalue weighted by Gasteiger charge is -2.24. The summed E-state index contributed by atoms with van der Waals surface area (Å²) in [5.41, 5.74) is 1.39. The van der Waals surface area contributed by atoms with Gasteiger partial charge in [0.2, 0.25) is 0 Å². The molecule has 138 valence electrons. The van der Waals surface area contributed by atoms with E-state index >= 15 is 0 Å². The number of hydrogen-bond acceptors (Lipinski definition) is 4. The Morgan fingerprint density at radius 2 is 1.77 bits per heavy atom. The van der Waals surface area contributed by atoms with E-state index in [9.17, 15) is 9.59 Å². The fourth-order valence-corrected chi connectivity index (χ4v) is 2.62. The van der Waals surface area contributed by atoms with Gasteiger partial charge >= 0.3 is 5.97 Å². The smallest absolute Gasteiger partial charge is 0.303 e. The molecule has 0 radical (unpaired) electrons. The number of carboxylic acids is 1. The highest BCUT2D eigenvalue weighted by Crippen LogP contribution is 2.26. The molecule has 0 unspecified atom stereocenters. The fourth-order valence-electron chi connectivity index (χ4n) is 2.62. The summed E-state index contributed by atoms with van der Waals surface area (Å²) in [7, 11) is 3.04. The van der Waals surface area contributed by atoms with Crippen LogP contribution in [0.5, 0.6) is 11.5 Å². The first kappa shape index (κ1) is 19.3. The minimum absolute atomic E-state index is 0.0122. The molecule has 0 aromatic heterocycles. The second-order valence-electron chi connectivity index (χ2n) is 5.78. The van der Waals surface area contributed by atoms with Crippen LogP contribution in [0.15, 0.2) is 48.5 Å². The van der Waals surface area contributed by atoms with Crippen molar-refractivity contribution < 1.29 is 24.2 Å². The van der Waals surface area contributed by atoms with Crippen molar-refractivity contribution in [2.75, 3.05) is 20.8 Å². The molecule has 26 heavy (non-hydrogen) atoms. The molecule has 0 saturated heterocycles. The fraction of sp³-hybridized carbons (Fsp3) is 0.300. The second kappa shape index (κ2) is 9.46. The largest absolute Gasteiger partial charge is 0.497 e. The van der Waals surface area contributed by atoms with Crippen LogP contribution in [-0.4, -0.2) is 42.6 Å². The van der Waals surface area contributed by atoms with Gasteiger partial charge in [0.25, 0.3) is 5.91 Å². The summed E-state index contributed by atoms with van der Waals surface area (Å²) in [6.07, 6.45) is 0.394. The molecule has 0 aliphatic carbocycles. The maximum absolute atomic E-state index is 13.1. The van der Waals surface area contributed by atoms with Gasteiger partial charge in [0.1, 0.15) is 11.5 Å². The third kappa shape index (κ3) is 5.24. The number of carboxylic acid groups (broad SMARTS) is 1. The van der Waals surface area contributed by atoms with Crippen LogP contribution in [0.4, 0.5) is 0 Å². The average molecular weight is 357 g/mol. The van der Waals surface area contributed by atoms with Crippen molar-refractivity contribution in [1.29, 1.82) is 0 Å². The van der Waals surface area contributed by atoms with E-state index in [1.54, 1.807) is 30.2 Å². The standard InChI is InChI=1S/C20H23NO5/c1-25-16-10-11-17(18(13-16)26-2)20(24)21(12-6-9-19(22)23)14-15-7-4-3-5-8-15/h3-5,7-8,10-11,13H,6,9,12,14H2,1-2H3,(H,22,23). The van der Waals surface area contributed by atoms with Crippen molar-refractivity contribution >= 4 is 11.9 Å². The Bertz CT molecular complexity index is 745. The third-order valence-corrected chi connectivity index (χ3v) is 3.96. The van der Waals surface area contributed by atoms with Crippen molar-refractivity contribution in [1.82, 2.24) is 4.90 Å². The predicted octanol–water partition coefficient (Wildman–Crippen LogP) is 3.21. The number of carbonyl (C=O) groups is 2. The number of methoxy groups -OCH3 is 2. The normalized spacial score (nSPS) is 10.2. The van der Waals surface area contributed by atoms with E-state index in [-0.39, 0.29) is 12.3 Å². The number of benzene rings is 2. The lowest BCUT2D eigenvalue weighted by molar-refractivity contribution is -0.137. The molecule has 0 heterocycles. The van der Waals surface area contributed by atoms with Gasteiger partial charge in [-0.2, -0.15) is 0 Å². The van der Waals surface area contributed by atoms with Crippen molar-refractivity contribution in [2.24, 2.45) is 0 Å². The maximum atomic E-state index is 13.1. The van der Waals surface area contributed by atoms with Crippen LogP contribution in [0.25, 0.3) is 0 Å². The number of ether oxygens (including phenoxy) is 2. The Hall–Kier alpha value is -3.02. The van der Waals surface area contributed by atoms with Crippen molar-refractivity contribution in [3.8, 4) is 11.5 Å². The van der Waals surface area contributed by atoms with E-state index < -0.39 is 5.97 Å². The van der Waals surface area contributed by atoms with Gasteiger partial charge in [-0.25, -0.2) is 0 Å². The Morgan fingerprint density at radius 1 is 1.04 bits per heavy atom. The molecule has 1 amide bonds. The van der Waals surface area contributed by atoms with Crippen LogP contribution in [0.2, 0.25) is 0 Å². The van der Waals surface area contributed by atoms with E-state index in [0.29, 0.717) is 36.6 Å². The highest BCUT2D eigenvalue weighted by molar-refractivity contribution is 5.97. The van der Waals surface area contributed by atoms with E-state index in [1.807, 2.05) is 30.3 Å². The number of nitrogens with zero attached hydrogens (tertiary/aromatic N) is 1. The van der Waals surface area contributed by atoms with E-state index in [2.05, 4.69) is 0 Å². The number of amides is 1. The topological polar surface area (TPSA) is 76.1 Å². The first-order valence-electron chi connectivity index (χ1n) is 8.32. The maximum Gasteiger partial charge on any atom is 0.303 e. The molecule has 1 N–H and O–H groups in total. The number of rotatable bonds is 9. The van der Waals surface area contributed by atoms with Gasteiger partial charge in [0, 0.05) is 25.6 Å². The van der Waals surface area contributed by atoms with Crippen LogP contribution in [0.1, 0.15) is 28.8 Å². The summed E-state index contributed by atoms with van der Waals surface area (Å²) in [4.78, 5) is 25.5. The van der Waals surface area contributed by atoms with Gasteiger partial charge < -0.3 is 19.5 Å². The lowest BCUT2D eigenvalue weighted by atomic mass is 10.1. The zero-order valence-electron chi connectivity index (χ0n) is 15.0. The van der Waals surface area contributed by atoms with Crippen LogP contribution < -0.4 is 9.47 Å². The molecule has 0 fully saturated rings. The molecule has 2 aromatic carbocycles. The molecule has 2 aromatic rings. The quantitative estimate of drug-likeness (QED) is 0.746. The number of carbonyl (C=O) groups excluding carboxylic acids is 1. The van der Waals surface area contributed by atoms with Gasteiger partial charge in [-0.1, -0.05) is 30.3 Å². The molecule has 2 rings (SSSR count). The minimum Gasteiger partial charge on any atom is -0.497 e. The molecule has 0 aliphatic heterocycles. The van der Waals surface area contributed by atoms with Crippen LogP contribution >= 0.6 is 0 Å². The van der Waals surface area contributed by atoms with Gasteiger partial charge in [0.05, 0.1) is 19.8 Å². The molecule has 0 atom stereocenters. The molecule has 6 heteroatoms. The first-order chi connectivity index (χ1) is 12.5. The summed E-state index contributed by atoms with van der Waals surface area (Å²) >= 11 is 0. The van der Waals surface area contributed by atoms with Crippen molar-refractivity contribution in [3.63, 3.8) is 0 Å². The summed E-state index contributed by atoms with van der Waals surface area (Å²) in [5.74, 6) is -0.0672. The third-order valence-electron chi connectivity index (χ3n) is 3.96. The predicted molar refractivity (Wildman–Crippen MR) is 97.6 cm³/mol. The Balaban J connectivity index is 2.25. The van der Waals surface area contributed by atoms with Crippen molar-refractivity contribution in [2.45, 2.75) is 19.4 Å². The van der Waals surface area contributed by atoms with Gasteiger partial charge in [0.15, 0.2) is 0 Å². The van der Waals surface area contributed by atoms with E-state index in [1.165, 1.54) is 7.11 Å². The zero-order chi connectivity index (χ0) is 18.9. The molecule has 6 nitrogen and oxygen atoms in total. The Labute approximate surface area is 153 Å². The van der Waals surface area contributed by atoms with Gasteiger partial charge in [-0.3, -0.25) is 9.59 Å². The molecule has 0 bridgehead atoms. The summed E-state index contributed by atoms with van der Waals surface area (Å²) in [5, 5.41) is 8.87. The Kier molecular flexibility index (Phi) is 7.02.